The minimum Gasteiger partial charge on any atom is -0.395 e. The summed E-state index contributed by atoms with van der Waals surface area (Å²) in [5.74, 6) is -0.349. The average Bonchev–Trinajstić information content (AvgIpc) is 2.66. The molecule has 3 atom stereocenters. The summed E-state index contributed by atoms with van der Waals surface area (Å²) in [6, 6.07) is 8.25. The van der Waals surface area contributed by atoms with E-state index in [1.165, 1.54) is 0 Å². The molecule has 5 nitrogen and oxygen atoms in total. The molecule has 0 bridgehead atoms. The summed E-state index contributed by atoms with van der Waals surface area (Å²) in [5, 5.41) is 0. The number of rotatable bonds is 15. The molecule has 3 unspecified atom stereocenters. The van der Waals surface area contributed by atoms with Crippen LogP contribution < -0.4 is 4.52 Å². The third-order valence-electron chi connectivity index (χ3n) is 5.07. The van der Waals surface area contributed by atoms with Gasteiger partial charge < -0.3 is 9.05 Å². The largest absolute Gasteiger partial charge is 0.587 e. The molecule has 28 heavy (non-hydrogen) atoms. The van der Waals surface area contributed by atoms with Gasteiger partial charge in [0.15, 0.2) is 0 Å². The molecule has 0 aliphatic carbocycles. The minimum absolute atomic E-state index is 0.204. The van der Waals surface area contributed by atoms with Gasteiger partial charge in [-0.25, -0.2) is 4.57 Å². The highest BCUT2D eigenvalue weighted by atomic mass is 31.2. The Bertz CT molecular complexity index is 590. The van der Waals surface area contributed by atoms with Gasteiger partial charge in [0.05, 0.1) is 5.92 Å². The van der Waals surface area contributed by atoms with E-state index in [1.54, 1.807) is 30.3 Å². The van der Waals surface area contributed by atoms with Crippen molar-refractivity contribution in [2.24, 2.45) is 11.8 Å². The molecule has 1 rings (SSSR count). The van der Waals surface area contributed by atoms with E-state index in [9.17, 15) is 14.3 Å². The van der Waals surface area contributed by atoms with Crippen LogP contribution >= 0.6 is 7.82 Å². The standard InChI is InChI=1S/C22H37O5P/c1-4-7-9-11-15-20(18-19(6-3)14-8-5-2)22(23)27-28(24,25)26-21-16-12-10-13-17-21/h10,12-13,16-17,19-20H,4-9,11,14-15,18H2,1-3H3,(H,24,25). The molecule has 1 aromatic carbocycles. The Morgan fingerprint density at radius 2 is 1.68 bits per heavy atom. The van der Waals surface area contributed by atoms with Crippen molar-refractivity contribution in [1.82, 2.24) is 0 Å². The van der Waals surface area contributed by atoms with Crippen LogP contribution in [0.15, 0.2) is 30.3 Å². The van der Waals surface area contributed by atoms with E-state index in [0.717, 1.165) is 51.4 Å². The van der Waals surface area contributed by atoms with E-state index in [4.69, 9.17) is 9.05 Å². The fourth-order valence-electron chi connectivity index (χ4n) is 3.35. The zero-order valence-electron chi connectivity index (χ0n) is 17.6. The van der Waals surface area contributed by atoms with Gasteiger partial charge >= 0.3 is 13.8 Å². The first kappa shape index (κ1) is 24.7. The predicted octanol–water partition coefficient (Wildman–Crippen LogP) is 6.90. The van der Waals surface area contributed by atoms with Crippen molar-refractivity contribution >= 4 is 13.8 Å². The van der Waals surface area contributed by atoms with Crippen molar-refractivity contribution in [3.8, 4) is 5.75 Å². The lowest BCUT2D eigenvalue weighted by atomic mass is 9.86. The normalized spacial score (nSPS) is 15.4. The fourth-order valence-corrected chi connectivity index (χ4v) is 4.16. The summed E-state index contributed by atoms with van der Waals surface area (Å²) in [6.45, 7) is 6.44. The van der Waals surface area contributed by atoms with Gasteiger partial charge in [-0.1, -0.05) is 90.3 Å². The van der Waals surface area contributed by atoms with Crippen LogP contribution in [0.5, 0.6) is 5.75 Å². The van der Waals surface area contributed by atoms with Gasteiger partial charge in [0, 0.05) is 0 Å². The number of phosphoric ester groups is 1. The van der Waals surface area contributed by atoms with Crippen LogP contribution in [0, 0.1) is 11.8 Å². The van der Waals surface area contributed by atoms with Crippen molar-refractivity contribution in [3.63, 3.8) is 0 Å². The summed E-state index contributed by atoms with van der Waals surface area (Å²) >= 11 is 0. The zero-order valence-corrected chi connectivity index (χ0v) is 18.5. The third kappa shape index (κ3) is 10.3. The van der Waals surface area contributed by atoms with Crippen LogP contribution in [-0.2, 0) is 13.9 Å². The Morgan fingerprint density at radius 1 is 1.00 bits per heavy atom. The Kier molecular flexibility index (Phi) is 12.2. The number of carbonyl (C=O) groups is 1. The summed E-state index contributed by atoms with van der Waals surface area (Å²) in [7, 11) is -4.49. The van der Waals surface area contributed by atoms with Crippen LogP contribution in [0.4, 0.5) is 0 Å². The molecule has 6 heteroatoms. The highest BCUT2D eigenvalue weighted by Crippen LogP contribution is 2.45. The van der Waals surface area contributed by atoms with Crippen molar-refractivity contribution in [2.45, 2.75) is 85.0 Å². The van der Waals surface area contributed by atoms with E-state index in [0.29, 0.717) is 18.8 Å². The van der Waals surface area contributed by atoms with Gasteiger partial charge in [-0.3, -0.25) is 9.69 Å². The van der Waals surface area contributed by atoms with Gasteiger partial charge in [-0.15, -0.1) is 0 Å². The van der Waals surface area contributed by atoms with Gasteiger partial charge in [-0.05, 0) is 30.9 Å². The lowest BCUT2D eigenvalue weighted by Gasteiger charge is -2.22. The fraction of sp³-hybridized carbons (Fsp3) is 0.682. The molecular formula is C22H37O5P. The van der Waals surface area contributed by atoms with Crippen molar-refractivity contribution in [1.29, 1.82) is 0 Å². The maximum Gasteiger partial charge on any atom is 0.587 e. The van der Waals surface area contributed by atoms with E-state index in [2.05, 4.69) is 20.8 Å². The second-order valence-electron chi connectivity index (χ2n) is 7.48. The molecule has 0 heterocycles. The number of hydrogen-bond acceptors (Lipinski definition) is 4. The van der Waals surface area contributed by atoms with Gasteiger partial charge in [0.2, 0.25) is 0 Å². The molecule has 0 spiro atoms. The SMILES string of the molecule is CCCCCCC(CC(CC)CCCC)C(=O)OP(=O)(O)Oc1ccccc1. The van der Waals surface area contributed by atoms with Crippen molar-refractivity contribution in [3.05, 3.63) is 30.3 Å². The van der Waals surface area contributed by atoms with E-state index in [1.807, 2.05) is 0 Å². The third-order valence-corrected chi connectivity index (χ3v) is 5.92. The van der Waals surface area contributed by atoms with Crippen LogP contribution in [0.1, 0.15) is 85.0 Å². The average molecular weight is 413 g/mol. The Morgan fingerprint density at radius 3 is 2.29 bits per heavy atom. The van der Waals surface area contributed by atoms with Crippen molar-refractivity contribution < 1.29 is 23.3 Å². The topological polar surface area (TPSA) is 72.8 Å². The monoisotopic (exact) mass is 412 g/mol. The lowest BCUT2D eigenvalue weighted by Crippen LogP contribution is -2.21. The smallest absolute Gasteiger partial charge is 0.395 e. The number of para-hydroxylation sites is 1. The summed E-state index contributed by atoms with van der Waals surface area (Å²) in [4.78, 5) is 22.7. The number of carbonyl (C=O) groups excluding carboxylic acids is 1. The number of phosphoric acid groups is 1. The second-order valence-corrected chi connectivity index (χ2v) is 8.78. The molecule has 0 amide bonds. The molecule has 1 N–H and O–H groups in total. The van der Waals surface area contributed by atoms with Gasteiger partial charge in [0.1, 0.15) is 5.75 Å². The summed E-state index contributed by atoms with van der Waals surface area (Å²) in [5.41, 5.74) is 0. The molecule has 0 aliphatic rings. The summed E-state index contributed by atoms with van der Waals surface area (Å²) < 4.78 is 22.3. The Balaban J connectivity index is 2.73. The molecule has 1 aromatic rings. The van der Waals surface area contributed by atoms with Crippen LogP contribution in [-0.4, -0.2) is 10.9 Å². The van der Waals surface area contributed by atoms with Gasteiger partial charge in [-0.2, -0.15) is 0 Å². The Hall–Kier alpha value is -1.32. The number of unbranched alkanes of at least 4 members (excludes halogenated alkanes) is 4. The number of benzene rings is 1. The molecule has 0 fully saturated rings. The van der Waals surface area contributed by atoms with Crippen molar-refractivity contribution in [2.75, 3.05) is 0 Å². The zero-order chi connectivity index (χ0) is 20.8. The Labute approximate surface area is 170 Å². The van der Waals surface area contributed by atoms with Crippen LogP contribution in [0.2, 0.25) is 0 Å². The molecule has 160 valence electrons. The first-order chi connectivity index (χ1) is 13.4. The highest BCUT2D eigenvalue weighted by Gasteiger charge is 2.33. The quantitative estimate of drug-likeness (QED) is 0.250. The second kappa shape index (κ2) is 13.8. The highest BCUT2D eigenvalue weighted by molar-refractivity contribution is 7.48. The maximum absolute atomic E-state index is 12.7. The molecule has 0 aliphatic heterocycles. The predicted molar refractivity (Wildman–Crippen MR) is 113 cm³/mol. The first-order valence-corrected chi connectivity index (χ1v) is 12.2. The van der Waals surface area contributed by atoms with Gasteiger partial charge in [0.25, 0.3) is 0 Å². The van der Waals surface area contributed by atoms with Crippen LogP contribution in [0.3, 0.4) is 0 Å². The molecule has 0 aromatic heterocycles. The molecule has 0 radical (unpaired) electrons. The minimum atomic E-state index is -4.49. The van der Waals surface area contributed by atoms with E-state index in [-0.39, 0.29) is 11.7 Å². The summed E-state index contributed by atoms with van der Waals surface area (Å²) in [6.07, 6.45) is 9.95. The van der Waals surface area contributed by atoms with Crippen LogP contribution in [0.25, 0.3) is 0 Å². The molecule has 0 saturated carbocycles. The van der Waals surface area contributed by atoms with E-state index < -0.39 is 13.8 Å². The maximum atomic E-state index is 12.7. The van der Waals surface area contributed by atoms with E-state index >= 15 is 0 Å². The first-order valence-electron chi connectivity index (χ1n) is 10.7. The lowest BCUT2D eigenvalue weighted by molar-refractivity contribution is -0.141. The molecule has 0 saturated heterocycles. The molecular weight excluding hydrogens is 375 g/mol. The number of hydrogen-bond donors (Lipinski definition) is 1.